The number of rotatable bonds is 2. The zero-order valence-corrected chi connectivity index (χ0v) is 15.5. The van der Waals surface area contributed by atoms with Gasteiger partial charge < -0.3 is 14.6 Å². The fraction of sp³-hybridized carbons (Fsp3) is 0.158. The Balaban J connectivity index is 1.79. The molecule has 0 saturated carbocycles. The summed E-state index contributed by atoms with van der Waals surface area (Å²) in [6, 6.07) is 10.3. The third-order valence-electron chi connectivity index (χ3n) is 4.39. The predicted molar refractivity (Wildman–Crippen MR) is 101 cm³/mol. The number of carbonyl (C=O) groups is 1. The van der Waals surface area contributed by atoms with E-state index in [9.17, 15) is 9.18 Å². The van der Waals surface area contributed by atoms with Crippen LogP contribution in [0.4, 0.5) is 15.8 Å². The third kappa shape index (κ3) is 2.88. The smallest absolute Gasteiger partial charge is 0.258 e. The van der Waals surface area contributed by atoms with Crippen molar-refractivity contribution in [2.75, 3.05) is 23.8 Å². The maximum Gasteiger partial charge on any atom is 0.258 e. The molecular weight excluding hydrogens is 401 g/mol. The molecule has 1 amide bonds. The number of benzene rings is 1. The van der Waals surface area contributed by atoms with Crippen molar-refractivity contribution < 1.29 is 13.6 Å². The second-order valence-corrected chi connectivity index (χ2v) is 6.74. The Labute approximate surface area is 158 Å². The molecule has 0 radical (unpaired) electrons. The van der Waals surface area contributed by atoms with Crippen LogP contribution in [0.15, 0.2) is 51.7 Å². The van der Waals surface area contributed by atoms with E-state index >= 15 is 0 Å². The van der Waals surface area contributed by atoms with E-state index in [-0.39, 0.29) is 5.91 Å². The van der Waals surface area contributed by atoms with E-state index in [4.69, 9.17) is 4.42 Å². The van der Waals surface area contributed by atoms with Crippen LogP contribution in [0.5, 0.6) is 0 Å². The highest BCUT2D eigenvalue weighted by molar-refractivity contribution is 9.10. The molecule has 1 aliphatic rings. The molecule has 132 valence electrons. The number of aromatic nitrogens is 1. The van der Waals surface area contributed by atoms with E-state index in [1.54, 1.807) is 17.0 Å². The van der Waals surface area contributed by atoms with Crippen LogP contribution in [0.25, 0.3) is 11.5 Å². The number of anilines is 2. The summed E-state index contributed by atoms with van der Waals surface area (Å²) >= 11 is 3.32. The van der Waals surface area contributed by atoms with Crippen molar-refractivity contribution in [3.05, 3.63) is 64.2 Å². The molecule has 0 unspecified atom stereocenters. The minimum Gasteiger partial charge on any atom is -0.447 e. The van der Waals surface area contributed by atoms with Crippen LogP contribution < -0.4 is 10.2 Å². The Hall–Kier alpha value is -2.67. The maximum absolute atomic E-state index is 13.9. The van der Waals surface area contributed by atoms with Gasteiger partial charge in [-0.05, 0) is 52.7 Å². The number of nitrogens with zero attached hydrogens (tertiary/aromatic N) is 2. The van der Waals surface area contributed by atoms with Crippen molar-refractivity contribution in [3.63, 3.8) is 0 Å². The fourth-order valence-electron chi connectivity index (χ4n) is 3.09. The second-order valence-electron chi connectivity index (χ2n) is 5.96. The van der Waals surface area contributed by atoms with Gasteiger partial charge in [0, 0.05) is 36.5 Å². The summed E-state index contributed by atoms with van der Waals surface area (Å²) in [5, 5.41) is 3.02. The minimum atomic E-state index is -0.499. The van der Waals surface area contributed by atoms with Crippen LogP contribution in [0.2, 0.25) is 0 Å². The van der Waals surface area contributed by atoms with E-state index in [1.807, 2.05) is 25.2 Å². The molecule has 0 bridgehead atoms. The van der Waals surface area contributed by atoms with Crippen LogP contribution >= 0.6 is 15.9 Å². The molecule has 3 aromatic rings. The van der Waals surface area contributed by atoms with Crippen LogP contribution in [-0.2, 0) is 6.42 Å². The highest BCUT2D eigenvalue weighted by Gasteiger charge is 2.29. The molecule has 26 heavy (non-hydrogen) atoms. The Morgan fingerprint density at radius 3 is 2.81 bits per heavy atom. The molecule has 0 fully saturated rings. The van der Waals surface area contributed by atoms with Gasteiger partial charge in [-0.1, -0.05) is 0 Å². The molecule has 0 spiro atoms. The number of hydrogen-bond donors (Lipinski definition) is 1. The molecule has 1 aromatic carbocycles. The number of fused-ring (bicyclic) bond motifs is 3. The summed E-state index contributed by atoms with van der Waals surface area (Å²) in [6.07, 6.45) is 1.72. The normalized spacial score (nSPS) is 13.0. The zero-order chi connectivity index (χ0) is 18.3. The molecule has 0 atom stereocenters. The van der Waals surface area contributed by atoms with Crippen LogP contribution in [0, 0.1) is 5.82 Å². The summed E-state index contributed by atoms with van der Waals surface area (Å²) < 4.78 is 20.2. The summed E-state index contributed by atoms with van der Waals surface area (Å²) in [5.41, 5.74) is 3.24. The quantitative estimate of drug-likeness (QED) is 0.669. The number of halogens is 2. The van der Waals surface area contributed by atoms with Gasteiger partial charge in [0.1, 0.15) is 11.5 Å². The first-order valence-corrected chi connectivity index (χ1v) is 8.90. The number of pyridine rings is 1. The Kier molecular flexibility index (Phi) is 4.24. The van der Waals surface area contributed by atoms with E-state index in [0.29, 0.717) is 40.3 Å². The average Bonchev–Trinajstić information content (AvgIpc) is 2.95. The van der Waals surface area contributed by atoms with Gasteiger partial charge >= 0.3 is 0 Å². The van der Waals surface area contributed by atoms with Gasteiger partial charge in [-0.25, -0.2) is 9.37 Å². The van der Waals surface area contributed by atoms with Crippen molar-refractivity contribution in [1.82, 2.24) is 4.98 Å². The number of nitrogens with one attached hydrogen (secondary N) is 1. The van der Waals surface area contributed by atoms with Gasteiger partial charge in [0.25, 0.3) is 5.91 Å². The van der Waals surface area contributed by atoms with E-state index in [2.05, 4.69) is 26.2 Å². The lowest BCUT2D eigenvalue weighted by atomic mass is 10.1. The molecule has 0 aliphatic carbocycles. The Morgan fingerprint density at radius 2 is 2.08 bits per heavy atom. The monoisotopic (exact) mass is 415 g/mol. The van der Waals surface area contributed by atoms with Gasteiger partial charge in [0.15, 0.2) is 10.4 Å². The van der Waals surface area contributed by atoms with Crippen molar-refractivity contribution in [3.8, 4) is 11.5 Å². The summed E-state index contributed by atoms with van der Waals surface area (Å²) in [6.45, 7) is 0.406. The molecule has 1 N–H and O–H groups in total. The summed E-state index contributed by atoms with van der Waals surface area (Å²) in [5.74, 6) is -0.139. The Bertz CT molecular complexity index is 985. The van der Waals surface area contributed by atoms with Crippen LogP contribution in [0.3, 0.4) is 0 Å². The topological polar surface area (TPSA) is 58.4 Å². The second kappa shape index (κ2) is 6.57. The molecule has 0 saturated heterocycles. The van der Waals surface area contributed by atoms with Crippen molar-refractivity contribution in [2.45, 2.75) is 6.42 Å². The fourth-order valence-corrected chi connectivity index (χ4v) is 3.53. The molecule has 4 rings (SSSR count). The van der Waals surface area contributed by atoms with Crippen LogP contribution in [-0.4, -0.2) is 24.5 Å². The van der Waals surface area contributed by atoms with Crippen LogP contribution in [0.1, 0.15) is 15.9 Å². The number of carbonyl (C=O) groups excluding carboxylic acids is 1. The lowest BCUT2D eigenvalue weighted by Crippen LogP contribution is -2.32. The number of amides is 1. The van der Waals surface area contributed by atoms with Gasteiger partial charge in [0.2, 0.25) is 0 Å². The lowest BCUT2D eigenvalue weighted by Gasteiger charge is -2.22. The van der Waals surface area contributed by atoms with E-state index < -0.39 is 5.82 Å². The SMILES string of the molecule is CNc1ccc(C(=O)N2CCc3cc(Br)oc3-c3ncc(F)cc32)cc1. The average molecular weight is 416 g/mol. The predicted octanol–water partition coefficient (Wildman–Crippen LogP) is 4.49. The van der Waals surface area contributed by atoms with Gasteiger partial charge in [-0.15, -0.1) is 0 Å². The molecule has 1 aliphatic heterocycles. The minimum absolute atomic E-state index is 0.203. The molecule has 5 nitrogen and oxygen atoms in total. The van der Waals surface area contributed by atoms with Gasteiger partial charge in [0.05, 0.1) is 11.9 Å². The summed E-state index contributed by atoms with van der Waals surface area (Å²) in [4.78, 5) is 18.8. The highest BCUT2D eigenvalue weighted by atomic mass is 79.9. The molecule has 7 heteroatoms. The van der Waals surface area contributed by atoms with Crippen molar-refractivity contribution in [2.24, 2.45) is 0 Å². The Morgan fingerprint density at radius 1 is 1.31 bits per heavy atom. The van der Waals surface area contributed by atoms with Gasteiger partial charge in [-0.3, -0.25) is 4.79 Å². The first-order valence-electron chi connectivity index (χ1n) is 8.10. The summed E-state index contributed by atoms with van der Waals surface area (Å²) in [7, 11) is 1.81. The maximum atomic E-state index is 13.9. The molecule has 2 aromatic heterocycles. The van der Waals surface area contributed by atoms with Gasteiger partial charge in [-0.2, -0.15) is 0 Å². The number of furan rings is 1. The standard InChI is InChI=1S/C19H15BrFN3O2/c1-22-14-4-2-11(3-5-14)19(25)24-7-6-12-8-16(20)26-18(12)17-15(24)9-13(21)10-23-17/h2-5,8-10,22H,6-7H2,1H3. The third-order valence-corrected chi connectivity index (χ3v) is 4.78. The first kappa shape index (κ1) is 16.8. The lowest BCUT2D eigenvalue weighted by molar-refractivity contribution is 0.0987. The van der Waals surface area contributed by atoms with E-state index in [1.165, 1.54) is 6.07 Å². The highest BCUT2D eigenvalue weighted by Crippen LogP contribution is 2.38. The van der Waals surface area contributed by atoms with Crippen molar-refractivity contribution >= 4 is 33.2 Å². The largest absolute Gasteiger partial charge is 0.447 e. The zero-order valence-electron chi connectivity index (χ0n) is 13.9. The van der Waals surface area contributed by atoms with E-state index in [0.717, 1.165) is 17.4 Å². The first-order chi connectivity index (χ1) is 12.6. The molecular formula is C19H15BrFN3O2. The number of hydrogen-bond acceptors (Lipinski definition) is 4. The molecule has 3 heterocycles. The van der Waals surface area contributed by atoms with Crippen molar-refractivity contribution in [1.29, 1.82) is 0 Å².